The zero-order chi connectivity index (χ0) is 20.0. The van der Waals surface area contributed by atoms with Gasteiger partial charge in [0, 0.05) is 25.3 Å². The number of rotatable bonds is 7. The van der Waals surface area contributed by atoms with Crippen LogP contribution in [0.25, 0.3) is 0 Å². The molecule has 0 aliphatic rings. The Morgan fingerprint density at radius 1 is 1.37 bits per heavy atom. The van der Waals surface area contributed by atoms with Crippen molar-refractivity contribution in [2.45, 2.75) is 46.7 Å². The van der Waals surface area contributed by atoms with Crippen LogP contribution in [-0.4, -0.2) is 40.5 Å². The minimum Gasteiger partial charge on any atom is -0.504 e. The third kappa shape index (κ3) is 5.39. The largest absolute Gasteiger partial charge is 0.504 e. The van der Waals surface area contributed by atoms with E-state index in [1.807, 2.05) is 31.6 Å². The zero-order valence-corrected chi connectivity index (χ0v) is 17.1. The highest BCUT2D eigenvalue weighted by molar-refractivity contribution is 5.80. The van der Waals surface area contributed by atoms with Crippen molar-refractivity contribution in [1.29, 1.82) is 0 Å². The number of aromatic hydroxyl groups is 1. The second-order valence-electron chi connectivity index (χ2n) is 6.72. The van der Waals surface area contributed by atoms with Crippen LogP contribution in [0.5, 0.6) is 11.5 Å². The summed E-state index contributed by atoms with van der Waals surface area (Å²) in [6.07, 6.45) is 0.874. The van der Waals surface area contributed by atoms with Crippen LogP contribution in [-0.2, 0) is 20.0 Å². The first-order valence-electron chi connectivity index (χ1n) is 9.25. The van der Waals surface area contributed by atoms with E-state index in [2.05, 4.69) is 34.6 Å². The number of nitrogens with one attached hydrogen (secondary N) is 2. The summed E-state index contributed by atoms with van der Waals surface area (Å²) in [5.41, 5.74) is 4.45. The molecular weight excluding hydrogens is 342 g/mol. The minimum absolute atomic E-state index is 0.124. The Labute approximate surface area is 161 Å². The van der Waals surface area contributed by atoms with E-state index in [-0.39, 0.29) is 11.8 Å². The molecule has 0 radical (unpaired) electrons. The predicted octanol–water partition coefficient (Wildman–Crippen LogP) is 2.44. The number of guanidine groups is 1. The quantitative estimate of drug-likeness (QED) is 0.513. The average Bonchev–Trinajstić information content (AvgIpc) is 2.86. The highest BCUT2D eigenvalue weighted by Gasteiger charge is 2.14. The van der Waals surface area contributed by atoms with Gasteiger partial charge in [0.1, 0.15) is 0 Å². The number of hydrogen-bond donors (Lipinski definition) is 3. The van der Waals surface area contributed by atoms with Crippen molar-refractivity contribution in [1.82, 2.24) is 20.4 Å². The van der Waals surface area contributed by atoms with Crippen LogP contribution in [0.4, 0.5) is 0 Å². The van der Waals surface area contributed by atoms with Gasteiger partial charge in [-0.3, -0.25) is 4.68 Å². The van der Waals surface area contributed by atoms with E-state index < -0.39 is 0 Å². The molecule has 0 spiro atoms. The van der Waals surface area contributed by atoms with Gasteiger partial charge < -0.3 is 20.5 Å². The normalized spacial score (nSPS) is 12.7. The molecule has 148 valence electrons. The smallest absolute Gasteiger partial charge is 0.191 e. The Morgan fingerprint density at radius 3 is 2.67 bits per heavy atom. The molecule has 0 saturated heterocycles. The Bertz CT molecular complexity index is 798. The van der Waals surface area contributed by atoms with E-state index in [1.165, 1.54) is 18.4 Å². The van der Waals surface area contributed by atoms with Gasteiger partial charge in [0.05, 0.1) is 19.3 Å². The molecule has 0 aliphatic carbocycles. The topological polar surface area (TPSA) is 83.7 Å². The lowest BCUT2D eigenvalue weighted by molar-refractivity contribution is 0.373. The second kappa shape index (κ2) is 9.30. The van der Waals surface area contributed by atoms with Crippen LogP contribution in [0.15, 0.2) is 23.2 Å². The summed E-state index contributed by atoms with van der Waals surface area (Å²) in [4.78, 5) is 4.63. The second-order valence-corrected chi connectivity index (χ2v) is 6.72. The van der Waals surface area contributed by atoms with Crippen molar-refractivity contribution >= 4 is 5.96 Å². The summed E-state index contributed by atoms with van der Waals surface area (Å²) in [6.45, 7) is 9.55. The van der Waals surface area contributed by atoms with Crippen molar-refractivity contribution in [3.05, 3.63) is 40.7 Å². The van der Waals surface area contributed by atoms with E-state index in [9.17, 15) is 5.11 Å². The summed E-state index contributed by atoms with van der Waals surface area (Å²) in [7, 11) is 3.51. The molecule has 2 rings (SSSR count). The van der Waals surface area contributed by atoms with Gasteiger partial charge in [0.2, 0.25) is 0 Å². The SMILES string of the molecule is CCNC(=NCc1ccc(OC)c(O)c1)NC(C)Cc1c(C)nn(C)c1C. The Kier molecular flexibility index (Phi) is 7.10. The van der Waals surface area contributed by atoms with Gasteiger partial charge in [0.15, 0.2) is 17.5 Å². The molecule has 1 aromatic carbocycles. The van der Waals surface area contributed by atoms with Gasteiger partial charge in [-0.1, -0.05) is 6.07 Å². The third-order valence-electron chi connectivity index (χ3n) is 4.56. The third-order valence-corrected chi connectivity index (χ3v) is 4.56. The van der Waals surface area contributed by atoms with Crippen LogP contribution in [0.2, 0.25) is 0 Å². The summed E-state index contributed by atoms with van der Waals surface area (Å²) in [5, 5.41) is 21.1. The average molecular weight is 374 g/mol. The molecule has 2 aromatic rings. The summed E-state index contributed by atoms with van der Waals surface area (Å²) >= 11 is 0. The van der Waals surface area contributed by atoms with E-state index in [4.69, 9.17) is 4.74 Å². The summed E-state index contributed by atoms with van der Waals surface area (Å²) < 4.78 is 7.00. The fraction of sp³-hybridized carbons (Fsp3) is 0.500. The molecule has 0 saturated carbocycles. The molecule has 1 unspecified atom stereocenters. The molecule has 0 fully saturated rings. The molecule has 1 heterocycles. The summed E-state index contributed by atoms with van der Waals surface area (Å²) in [5.74, 6) is 1.34. The molecular formula is C20H31N5O2. The molecule has 27 heavy (non-hydrogen) atoms. The van der Waals surface area contributed by atoms with Crippen LogP contribution in [0.1, 0.15) is 36.4 Å². The van der Waals surface area contributed by atoms with Gasteiger partial charge in [0.25, 0.3) is 0 Å². The molecule has 0 bridgehead atoms. The number of aromatic nitrogens is 2. The Morgan fingerprint density at radius 2 is 2.11 bits per heavy atom. The van der Waals surface area contributed by atoms with E-state index in [0.717, 1.165) is 30.2 Å². The molecule has 0 aliphatic heterocycles. The van der Waals surface area contributed by atoms with Gasteiger partial charge in [-0.05, 0) is 57.4 Å². The van der Waals surface area contributed by atoms with Crippen LogP contribution >= 0.6 is 0 Å². The first kappa shape index (κ1) is 20.6. The number of phenols is 1. The van der Waals surface area contributed by atoms with Crippen molar-refractivity contribution in [2.24, 2.45) is 12.0 Å². The van der Waals surface area contributed by atoms with Crippen LogP contribution in [0, 0.1) is 13.8 Å². The number of methoxy groups -OCH3 is 1. The standard InChI is InChI=1S/C20H31N5O2/c1-7-21-20(22-12-16-8-9-19(27-6)18(26)11-16)23-13(2)10-17-14(3)24-25(5)15(17)4/h8-9,11,13,26H,7,10,12H2,1-6H3,(H2,21,22,23). The Hall–Kier alpha value is -2.70. The van der Waals surface area contributed by atoms with Crippen molar-refractivity contribution in [2.75, 3.05) is 13.7 Å². The van der Waals surface area contributed by atoms with Crippen LogP contribution in [0.3, 0.4) is 0 Å². The lowest BCUT2D eigenvalue weighted by Gasteiger charge is -2.18. The first-order valence-corrected chi connectivity index (χ1v) is 9.25. The molecule has 7 nitrogen and oxygen atoms in total. The maximum atomic E-state index is 9.91. The van der Waals surface area contributed by atoms with Gasteiger partial charge in [-0.15, -0.1) is 0 Å². The maximum Gasteiger partial charge on any atom is 0.191 e. The number of ether oxygens (including phenoxy) is 1. The molecule has 3 N–H and O–H groups in total. The maximum absolute atomic E-state index is 9.91. The number of aliphatic imine (C=N–C) groups is 1. The van der Waals surface area contributed by atoms with Gasteiger partial charge in [-0.25, -0.2) is 4.99 Å². The number of nitrogens with zero attached hydrogens (tertiary/aromatic N) is 3. The van der Waals surface area contributed by atoms with Gasteiger partial charge in [-0.2, -0.15) is 5.10 Å². The highest BCUT2D eigenvalue weighted by Crippen LogP contribution is 2.26. The number of aryl methyl sites for hydroxylation is 2. The first-order chi connectivity index (χ1) is 12.8. The van der Waals surface area contributed by atoms with E-state index in [1.54, 1.807) is 12.1 Å². The van der Waals surface area contributed by atoms with Crippen LogP contribution < -0.4 is 15.4 Å². The summed E-state index contributed by atoms with van der Waals surface area (Å²) in [6, 6.07) is 5.53. The molecule has 7 heteroatoms. The zero-order valence-electron chi connectivity index (χ0n) is 17.1. The Balaban J connectivity index is 2.05. The fourth-order valence-electron chi connectivity index (χ4n) is 3.03. The minimum atomic E-state index is 0.124. The number of phenolic OH excluding ortho intramolecular Hbond substituents is 1. The van der Waals surface area contributed by atoms with E-state index >= 15 is 0 Å². The van der Waals surface area contributed by atoms with Crippen molar-refractivity contribution < 1.29 is 9.84 Å². The molecule has 1 aromatic heterocycles. The lowest BCUT2D eigenvalue weighted by Crippen LogP contribution is -2.43. The van der Waals surface area contributed by atoms with Crippen molar-refractivity contribution in [3.63, 3.8) is 0 Å². The fourth-order valence-corrected chi connectivity index (χ4v) is 3.03. The lowest BCUT2D eigenvalue weighted by atomic mass is 10.1. The van der Waals surface area contributed by atoms with E-state index in [0.29, 0.717) is 12.3 Å². The highest BCUT2D eigenvalue weighted by atomic mass is 16.5. The predicted molar refractivity (Wildman–Crippen MR) is 108 cm³/mol. The monoisotopic (exact) mass is 373 g/mol. The van der Waals surface area contributed by atoms with Crippen molar-refractivity contribution in [3.8, 4) is 11.5 Å². The number of hydrogen-bond acceptors (Lipinski definition) is 4. The molecule has 0 amide bonds. The number of benzene rings is 1. The van der Waals surface area contributed by atoms with Gasteiger partial charge >= 0.3 is 0 Å². The molecule has 1 atom stereocenters.